The van der Waals surface area contributed by atoms with E-state index in [9.17, 15) is 35.1 Å². The van der Waals surface area contributed by atoms with Crippen molar-refractivity contribution in [2.24, 2.45) is 0 Å². The second-order valence-corrected chi connectivity index (χ2v) is 11.7. The summed E-state index contributed by atoms with van der Waals surface area (Å²) in [7, 11) is -7.22. The van der Waals surface area contributed by atoms with E-state index < -0.39 is 43.6 Å². The molecule has 0 radical (unpaired) electrons. The number of hydrogen-bond donors (Lipinski definition) is 4. The van der Waals surface area contributed by atoms with Crippen LogP contribution in [0.25, 0.3) is 0 Å². The van der Waals surface area contributed by atoms with Crippen LogP contribution in [0.3, 0.4) is 0 Å². The van der Waals surface area contributed by atoms with Crippen LogP contribution in [0.4, 0.5) is 24.5 Å². The van der Waals surface area contributed by atoms with Crippen molar-refractivity contribution in [3.05, 3.63) is 53.1 Å². The Morgan fingerprint density at radius 2 is 1.86 bits per heavy atom. The summed E-state index contributed by atoms with van der Waals surface area (Å²) in [6, 6.07) is 8.72. The van der Waals surface area contributed by atoms with Crippen LogP contribution in [0.5, 0.6) is 5.75 Å². The molecule has 0 saturated heterocycles. The number of nitrogens with one attached hydrogen (secondary N) is 3. The molecule has 35 heavy (non-hydrogen) atoms. The Balaban J connectivity index is 1.51. The lowest BCUT2D eigenvalue weighted by atomic mass is 10.0. The fourth-order valence-electron chi connectivity index (χ4n) is 3.51. The lowest BCUT2D eigenvalue weighted by Crippen LogP contribution is -2.33. The predicted molar refractivity (Wildman–Crippen MR) is 126 cm³/mol. The standard InChI is InChI=1S/C21H26F3N3O6S2/c1-34(29,30)26-15-4-2-14(3-5-15)8-10-25-12-16(28)13-33-19-7-6-18(21(22,23)24)20-17(19)9-11-35(31,32)27-20/h2-7,16,25-28H,8-13H2,1H3. The van der Waals surface area contributed by atoms with Crippen molar-refractivity contribution < 1.29 is 39.9 Å². The lowest BCUT2D eigenvalue weighted by Gasteiger charge is -2.25. The van der Waals surface area contributed by atoms with Crippen LogP contribution in [0, 0.1) is 0 Å². The van der Waals surface area contributed by atoms with Gasteiger partial charge in [0, 0.05) is 17.8 Å². The van der Waals surface area contributed by atoms with Gasteiger partial charge in [0.2, 0.25) is 20.0 Å². The van der Waals surface area contributed by atoms with E-state index in [0.717, 1.165) is 24.0 Å². The van der Waals surface area contributed by atoms with Crippen LogP contribution in [-0.4, -0.2) is 59.8 Å². The van der Waals surface area contributed by atoms with Gasteiger partial charge in [-0.2, -0.15) is 13.2 Å². The van der Waals surface area contributed by atoms with Crippen molar-refractivity contribution in [2.45, 2.75) is 25.1 Å². The normalized spacial score (nSPS) is 16.1. The van der Waals surface area contributed by atoms with E-state index in [0.29, 0.717) is 18.7 Å². The molecule has 0 aromatic heterocycles. The molecular formula is C21H26F3N3O6S2. The van der Waals surface area contributed by atoms with Gasteiger partial charge in [0.15, 0.2) is 0 Å². The highest BCUT2D eigenvalue weighted by Crippen LogP contribution is 2.42. The summed E-state index contributed by atoms with van der Waals surface area (Å²) >= 11 is 0. The van der Waals surface area contributed by atoms with Crippen LogP contribution >= 0.6 is 0 Å². The van der Waals surface area contributed by atoms with E-state index in [2.05, 4.69) is 10.0 Å². The van der Waals surface area contributed by atoms with Gasteiger partial charge in [-0.3, -0.25) is 9.44 Å². The zero-order chi connectivity index (χ0) is 25.9. The van der Waals surface area contributed by atoms with Crippen molar-refractivity contribution in [3.63, 3.8) is 0 Å². The maximum atomic E-state index is 13.3. The number of aliphatic hydroxyl groups excluding tert-OH is 1. The van der Waals surface area contributed by atoms with Gasteiger partial charge >= 0.3 is 6.18 Å². The third-order valence-corrected chi connectivity index (χ3v) is 6.98. The highest BCUT2D eigenvalue weighted by molar-refractivity contribution is 7.92. The number of alkyl halides is 3. The Labute approximate surface area is 201 Å². The summed E-state index contributed by atoms with van der Waals surface area (Å²) < 4.78 is 95.8. The number of hydrogen-bond acceptors (Lipinski definition) is 7. The van der Waals surface area contributed by atoms with Gasteiger partial charge in [0.05, 0.1) is 23.3 Å². The molecule has 1 atom stereocenters. The van der Waals surface area contributed by atoms with Crippen molar-refractivity contribution in [2.75, 3.05) is 41.1 Å². The molecule has 14 heteroatoms. The third kappa shape index (κ3) is 7.98. The van der Waals surface area contributed by atoms with Crippen LogP contribution in [-0.2, 0) is 39.1 Å². The van der Waals surface area contributed by atoms with Gasteiger partial charge in [0.25, 0.3) is 0 Å². The number of ether oxygens (including phenoxy) is 1. The van der Waals surface area contributed by atoms with E-state index in [-0.39, 0.29) is 36.6 Å². The maximum absolute atomic E-state index is 13.3. The molecule has 0 saturated carbocycles. The Morgan fingerprint density at radius 1 is 1.17 bits per heavy atom. The van der Waals surface area contributed by atoms with Crippen LogP contribution < -0.4 is 19.5 Å². The number of benzene rings is 2. The first kappa shape index (κ1) is 27.0. The van der Waals surface area contributed by atoms with E-state index in [4.69, 9.17) is 4.74 Å². The SMILES string of the molecule is CS(=O)(=O)Nc1ccc(CCNCC(O)COc2ccc(C(F)(F)F)c3c2CCS(=O)(=O)N3)cc1. The Morgan fingerprint density at radius 3 is 2.49 bits per heavy atom. The zero-order valence-corrected chi connectivity index (χ0v) is 20.4. The number of aliphatic hydroxyl groups is 1. The van der Waals surface area contributed by atoms with Gasteiger partial charge in [-0.1, -0.05) is 12.1 Å². The minimum absolute atomic E-state index is 0.0808. The van der Waals surface area contributed by atoms with Crippen molar-refractivity contribution in [1.29, 1.82) is 0 Å². The second-order valence-electron chi connectivity index (χ2n) is 8.12. The van der Waals surface area contributed by atoms with Gasteiger partial charge in [-0.05, 0) is 49.2 Å². The molecule has 0 aliphatic carbocycles. The second kappa shape index (κ2) is 10.6. The molecule has 2 aromatic carbocycles. The Kier molecular flexibility index (Phi) is 8.19. The fraction of sp³-hybridized carbons (Fsp3) is 0.429. The largest absolute Gasteiger partial charge is 0.490 e. The molecule has 3 rings (SSSR count). The number of halogens is 3. The molecule has 4 N–H and O–H groups in total. The summed E-state index contributed by atoms with van der Waals surface area (Å²) in [4.78, 5) is 0. The van der Waals surface area contributed by atoms with E-state index in [1.165, 1.54) is 0 Å². The molecule has 0 bridgehead atoms. The highest BCUT2D eigenvalue weighted by Gasteiger charge is 2.38. The number of sulfonamides is 2. The quantitative estimate of drug-likeness (QED) is 0.341. The summed E-state index contributed by atoms with van der Waals surface area (Å²) in [5.74, 6) is -0.287. The molecule has 194 valence electrons. The van der Waals surface area contributed by atoms with Gasteiger partial charge in [-0.15, -0.1) is 0 Å². The number of fused-ring (bicyclic) bond motifs is 1. The van der Waals surface area contributed by atoms with Crippen LogP contribution in [0.2, 0.25) is 0 Å². The summed E-state index contributed by atoms with van der Waals surface area (Å²) in [6.07, 6.45) is -4.17. The maximum Gasteiger partial charge on any atom is 0.418 e. The average Bonchev–Trinajstić information content (AvgIpc) is 2.73. The zero-order valence-electron chi connectivity index (χ0n) is 18.7. The predicted octanol–water partition coefficient (Wildman–Crippen LogP) is 1.95. The molecule has 1 unspecified atom stereocenters. The Hall–Kier alpha value is -2.55. The van der Waals surface area contributed by atoms with Crippen LogP contribution in [0.1, 0.15) is 16.7 Å². The van der Waals surface area contributed by atoms with E-state index >= 15 is 0 Å². The molecule has 0 fully saturated rings. The summed E-state index contributed by atoms with van der Waals surface area (Å²) in [5.41, 5.74) is -0.128. The van der Waals surface area contributed by atoms with Crippen LogP contribution in [0.15, 0.2) is 36.4 Å². The summed E-state index contributed by atoms with van der Waals surface area (Å²) in [5, 5.41) is 13.2. The smallest absolute Gasteiger partial charge is 0.418 e. The van der Waals surface area contributed by atoms with Crippen molar-refractivity contribution in [1.82, 2.24) is 5.32 Å². The minimum atomic E-state index is -4.74. The lowest BCUT2D eigenvalue weighted by molar-refractivity contribution is -0.137. The highest BCUT2D eigenvalue weighted by atomic mass is 32.2. The molecule has 1 heterocycles. The van der Waals surface area contributed by atoms with E-state index in [1.54, 1.807) is 24.3 Å². The average molecular weight is 538 g/mol. The third-order valence-electron chi connectivity index (χ3n) is 5.11. The molecule has 1 aliphatic rings. The minimum Gasteiger partial charge on any atom is -0.490 e. The molecule has 9 nitrogen and oxygen atoms in total. The van der Waals surface area contributed by atoms with Crippen molar-refractivity contribution in [3.8, 4) is 5.75 Å². The molecular weight excluding hydrogens is 511 g/mol. The van der Waals surface area contributed by atoms with E-state index in [1.807, 2.05) is 4.72 Å². The molecule has 0 spiro atoms. The first-order chi connectivity index (χ1) is 16.2. The molecule has 0 amide bonds. The van der Waals surface area contributed by atoms with Gasteiger partial charge in [-0.25, -0.2) is 16.8 Å². The molecule has 1 aliphatic heterocycles. The Bertz CT molecular complexity index is 1250. The van der Waals surface area contributed by atoms with Gasteiger partial charge < -0.3 is 15.2 Å². The molecule has 2 aromatic rings. The number of anilines is 2. The summed E-state index contributed by atoms with van der Waals surface area (Å²) in [6.45, 7) is 0.458. The fourth-order valence-corrected chi connectivity index (χ4v) is 5.19. The van der Waals surface area contributed by atoms with Gasteiger partial charge in [0.1, 0.15) is 18.5 Å². The monoisotopic (exact) mass is 537 g/mol. The first-order valence-corrected chi connectivity index (χ1v) is 14.1. The van der Waals surface area contributed by atoms with Crippen molar-refractivity contribution >= 4 is 31.4 Å². The number of rotatable bonds is 10. The topological polar surface area (TPSA) is 134 Å². The first-order valence-electron chi connectivity index (χ1n) is 10.6.